The summed E-state index contributed by atoms with van der Waals surface area (Å²) in [6.07, 6.45) is 6.12. The van der Waals surface area contributed by atoms with E-state index in [1.54, 1.807) is 32.1 Å². The summed E-state index contributed by atoms with van der Waals surface area (Å²) in [6, 6.07) is 0. The molecule has 2 N–H and O–H groups in total. The van der Waals surface area contributed by atoms with Crippen LogP contribution in [0.4, 0.5) is 8.78 Å². The molecule has 7 heteroatoms. The Balaban J connectivity index is -0.000000156. The third kappa shape index (κ3) is 17.5. The van der Waals surface area contributed by atoms with Crippen molar-refractivity contribution in [1.29, 1.82) is 0 Å². The maximum absolute atomic E-state index is 12.4. The number of hydrogen-bond acceptors (Lipinski definition) is 2. The minimum atomic E-state index is -2.88. The predicted molar refractivity (Wildman–Crippen MR) is 83.2 cm³/mol. The Morgan fingerprint density at radius 2 is 1.78 bits per heavy atom. The molecule has 0 aliphatic heterocycles. The van der Waals surface area contributed by atoms with Gasteiger partial charge in [-0.1, -0.05) is 38.5 Å². The number of rotatable bonds is 8. The first kappa shape index (κ1) is 27.1. The van der Waals surface area contributed by atoms with Crippen LogP contribution in [0.3, 0.4) is 0 Å². The van der Waals surface area contributed by atoms with E-state index in [4.69, 9.17) is 10.2 Å². The summed E-state index contributed by atoms with van der Waals surface area (Å²) in [5.74, 6) is -5.77. The largest absolute Gasteiger partial charge is 1.00 e. The molecule has 0 heterocycles. The van der Waals surface area contributed by atoms with Gasteiger partial charge in [-0.15, -0.1) is 0 Å². The second-order valence-corrected chi connectivity index (χ2v) is 4.97. The van der Waals surface area contributed by atoms with E-state index in [1.165, 1.54) is 0 Å². The average Bonchev–Trinajstić information content (AvgIpc) is 2.37. The van der Waals surface area contributed by atoms with Crippen molar-refractivity contribution in [3.63, 3.8) is 0 Å². The van der Waals surface area contributed by atoms with Crippen LogP contribution in [-0.2, 0) is 9.59 Å². The Labute approximate surface area is 160 Å². The number of aliphatic carboxylic acids is 2. The molecular formula is C16H27F2NaO4. The van der Waals surface area contributed by atoms with Crippen molar-refractivity contribution in [1.82, 2.24) is 0 Å². The molecule has 1 unspecified atom stereocenters. The van der Waals surface area contributed by atoms with Gasteiger partial charge < -0.3 is 11.6 Å². The van der Waals surface area contributed by atoms with Gasteiger partial charge in [0.05, 0.1) is 11.5 Å². The molecule has 0 saturated heterocycles. The second kappa shape index (κ2) is 14.8. The number of alkyl halides is 2. The van der Waals surface area contributed by atoms with Crippen molar-refractivity contribution in [3.05, 3.63) is 23.8 Å². The molecule has 0 aromatic carbocycles. The van der Waals surface area contributed by atoms with Crippen LogP contribution < -0.4 is 29.6 Å². The molecule has 0 spiro atoms. The van der Waals surface area contributed by atoms with Gasteiger partial charge in [0.1, 0.15) is 0 Å². The van der Waals surface area contributed by atoms with Crippen LogP contribution in [0.25, 0.3) is 0 Å². The van der Waals surface area contributed by atoms with Crippen molar-refractivity contribution in [2.45, 2.75) is 59.3 Å². The second-order valence-electron chi connectivity index (χ2n) is 4.97. The van der Waals surface area contributed by atoms with Crippen LogP contribution in [0.2, 0.25) is 0 Å². The maximum atomic E-state index is 12.4. The molecule has 0 bridgehead atoms. The van der Waals surface area contributed by atoms with Gasteiger partial charge in [0.15, 0.2) is 0 Å². The quantitative estimate of drug-likeness (QED) is 0.399. The molecule has 0 aromatic heterocycles. The molecule has 23 heavy (non-hydrogen) atoms. The number of carbonyl (C=O) groups is 2. The molecule has 0 aromatic rings. The van der Waals surface area contributed by atoms with E-state index >= 15 is 0 Å². The summed E-state index contributed by atoms with van der Waals surface area (Å²) >= 11 is 0. The zero-order chi connectivity index (χ0) is 17.8. The number of carboxylic acid groups (broad SMARTS) is 2. The molecule has 0 radical (unpaired) electrons. The topological polar surface area (TPSA) is 74.6 Å². The van der Waals surface area contributed by atoms with E-state index < -0.39 is 30.2 Å². The van der Waals surface area contributed by atoms with Gasteiger partial charge >= 0.3 is 41.5 Å². The monoisotopic (exact) mass is 344 g/mol. The summed E-state index contributed by atoms with van der Waals surface area (Å²) in [6.45, 7) is 6.24. The summed E-state index contributed by atoms with van der Waals surface area (Å²) < 4.78 is 24.8. The number of allylic oxidation sites excluding steroid dienone is 2. The van der Waals surface area contributed by atoms with Gasteiger partial charge in [-0.2, -0.15) is 0 Å². The van der Waals surface area contributed by atoms with Crippen molar-refractivity contribution < 1.29 is 59.6 Å². The molecular weight excluding hydrogens is 317 g/mol. The molecule has 1 atom stereocenters. The minimum absolute atomic E-state index is 0. The molecule has 0 aliphatic carbocycles. The van der Waals surface area contributed by atoms with Crippen molar-refractivity contribution in [3.8, 4) is 0 Å². The first-order valence-electron chi connectivity index (χ1n) is 7.25. The van der Waals surface area contributed by atoms with Crippen molar-refractivity contribution >= 4 is 11.9 Å². The summed E-state index contributed by atoms with van der Waals surface area (Å²) in [5, 5.41) is 17.1. The molecule has 130 valence electrons. The number of halogens is 2. The fourth-order valence-corrected chi connectivity index (χ4v) is 1.72. The van der Waals surface area contributed by atoms with Crippen LogP contribution >= 0.6 is 0 Å². The van der Waals surface area contributed by atoms with Crippen LogP contribution in [0.1, 0.15) is 54.8 Å². The van der Waals surface area contributed by atoms with Gasteiger partial charge in [-0.05, 0) is 26.7 Å². The minimum Gasteiger partial charge on any atom is -1.00 e. The molecule has 0 rings (SSSR count). The third-order valence-corrected chi connectivity index (χ3v) is 2.61. The number of carboxylic acids is 2. The Bertz CT molecular complexity index is 407. The van der Waals surface area contributed by atoms with Crippen LogP contribution in [0, 0.1) is 5.92 Å². The normalized spacial score (nSPS) is 12.9. The zero-order valence-corrected chi connectivity index (χ0v) is 16.6. The fraction of sp³-hybridized carbons (Fsp3) is 0.625. The predicted octanol–water partition coefficient (Wildman–Crippen LogP) is 1.63. The van der Waals surface area contributed by atoms with Crippen LogP contribution in [0.15, 0.2) is 23.8 Å². The average molecular weight is 344 g/mol. The van der Waals surface area contributed by atoms with E-state index in [1.807, 2.05) is 6.92 Å². The summed E-state index contributed by atoms with van der Waals surface area (Å²) in [5.41, 5.74) is 0.366. The standard InChI is InChI=1S/C8H14F2O2.C8H12O2.Na.H/c1-3-4-6(7(11)12)5-8(2,9)10;1-3-5-7(6-4-2)8(9)10;;/h6H,3-5H2,1-2H3,(H,11,12);3,5-6H,4H2,1-2H3,(H,9,10);;/q;;+1;-1/b;5-3-,7-6+;;. The number of hydrogen-bond donors (Lipinski definition) is 2. The van der Waals surface area contributed by atoms with E-state index in [0.29, 0.717) is 18.4 Å². The summed E-state index contributed by atoms with van der Waals surface area (Å²) in [7, 11) is 0. The molecule has 0 saturated carbocycles. The summed E-state index contributed by atoms with van der Waals surface area (Å²) in [4.78, 5) is 20.8. The van der Waals surface area contributed by atoms with Gasteiger partial charge in [0.2, 0.25) is 5.92 Å². The van der Waals surface area contributed by atoms with Gasteiger partial charge in [-0.3, -0.25) is 4.79 Å². The zero-order valence-electron chi connectivity index (χ0n) is 15.6. The van der Waals surface area contributed by atoms with Crippen LogP contribution in [-0.4, -0.2) is 28.1 Å². The Morgan fingerprint density at radius 1 is 1.26 bits per heavy atom. The Morgan fingerprint density at radius 3 is 2.04 bits per heavy atom. The Kier molecular flexibility index (Phi) is 17.5. The van der Waals surface area contributed by atoms with Gasteiger partial charge in [0, 0.05) is 6.42 Å². The van der Waals surface area contributed by atoms with Gasteiger partial charge in [-0.25, -0.2) is 13.6 Å². The van der Waals surface area contributed by atoms with E-state index in [9.17, 15) is 18.4 Å². The van der Waals surface area contributed by atoms with Crippen molar-refractivity contribution in [2.24, 2.45) is 5.92 Å². The van der Waals surface area contributed by atoms with Crippen LogP contribution in [0.5, 0.6) is 0 Å². The first-order chi connectivity index (χ1) is 10.1. The smallest absolute Gasteiger partial charge is 1.00 e. The maximum Gasteiger partial charge on any atom is 1.00 e. The SMILES string of the molecule is C/C=C\C(=C/CC)C(=O)O.CCCC(CC(C)(F)F)C(=O)O.[H-].[Na+]. The third-order valence-electron chi connectivity index (χ3n) is 2.61. The van der Waals surface area contributed by atoms with Gasteiger partial charge in [0.25, 0.3) is 0 Å². The first-order valence-corrected chi connectivity index (χ1v) is 7.25. The van der Waals surface area contributed by atoms with E-state index in [2.05, 4.69) is 0 Å². The molecule has 4 nitrogen and oxygen atoms in total. The van der Waals surface area contributed by atoms with E-state index in [-0.39, 0.29) is 31.0 Å². The van der Waals surface area contributed by atoms with Crippen molar-refractivity contribution in [2.75, 3.05) is 0 Å². The van der Waals surface area contributed by atoms with E-state index in [0.717, 1.165) is 13.3 Å². The Hall–Kier alpha value is -0.720. The molecule has 0 aliphatic rings. The molecule has 0 amide bonds. The molecule has 0 fully saturated rings. The fourth-order valence-electron chi connectivity index (χ4n) is 1.72.